The Balaban J connectivity index is 2.61. The van der Waals surface area contributed by atoms with Crippen molar-refractivity contribution in [3.05, 3.63) is 6.33 Å². The van der Waals surface area contributed by atoms with Crippen LogP contribution in [0, 0.1) is 0 Å². The third kappa shape index (κ3) is 3.25. The van der Waals surface area contributed by atoms with Crippen LogP contribution in [0.3, 0.4) is 0 Å². The lowest BCUT2D eigenvalue weighted by atomic mass is 10.4. The number of hydrogen-bond donors (Lipinski definition) is 2. The quantitative estimate of drug-likeness (QED) is 0.716. The Labute approximate surface area is 89.5 Å². The van der Waals surface area contributed by atoms with Crippen LogP contribution in [0.5, 0.6) is 5.88 Å². The molecule has 0 aliphatic heterocycles. The van der Waals surface area contributed by atoms with Gasteiger partial charge in [-0.05, 0) is 14.1 Å². The molecule has 1 aromatic heterocycles. The lowest BCUT2D eigenvalue weighted by molar-refractivity contribution is 0.399. The summed E-state index contributed by atoms with van der Waals surface area (Å²) in [6.07, 6.45) is 1.42. The van der Waals surface area contributed by atoms with Crippen molar-refractivity contribution in [1.82, 2.24) is 14.9 Å². The molecule has 0 saturated heterocycles. The normalized spacial score (nSPS) is 10.4. The molecule has 0 atom stereocenters. The molecule has 0 radical (unpaired) electrons. The molecule has 0 aromatic carbocycles. The molecule has 84 valence electrons. The number of aromatic nitrogens is 2. The molecule has 0 bridgehead atoms. The smallest absolute Gasteiger partial charge is 0.242 e. The molecule has 6 nitrogen and oxygen atoms in total. The molecule has 0 amide bonds. The summed E-state index contributed by atoms with van der Waals surface area (Å²) >= 11 is 0. The highest BCUT2D eigenvalue weighted by Gasteiger charge is 2.06. The molecule has 0 unspecified atom stereocenters. The number of nitrogens with two attached hydrogens (primary N) is 1. The highest BCUT2D eigenvalue weighted by molar-refractivity contribution is 5.66. The lowest BCUT2D eigenvalue weighted by Crippen LogP contribution is -2.21. The first-order valence-corrected chi connectivity index (χ1v) is 4.68. The second-order valence-electron chi connectivity index (χ2n) is 3.38. The van der Waals surface area contributed by atoms with Crippen LogP contribution in [0.15, 0.2) is 6.33 Å². The molecule has 0 aliphatic rings. The zero-order chi connectivity index (χ0) is 11.3. The Morgan fingerprint density at radius 3 is 2.80 bits per heavy atom. The molecular formula is C9H17N5O. The van der Waals surface area contributed by atoms with Gasteiger partial charge in [-0.1, -0.05) is 0 Å². The number of nitrogens with one attached hydrogen (secondary N) is 1. The summed E-state index contributed by atoms with van der Waals surface area (Å²) in [6.45, 7) is 1.68. The van der Waals surface area contributed by atoms with E-state index in [2.05, 4.69) is 20.2 Å². The van der Waals surface area contributed by atoms with E-state index in [-0.39, 0.29) is 0 Å². The van der Waals surface area contributed by atoms with Gasteiger partial charge in [0.15, 0.2) is 5.82 Å². The van der Waals surface area contributed by atoms with Crippen molar-refractivity contribution in [2.75, 3.05) is 45.3 Å². The standard InChI is InChI=1S/C9H17N5O/c1-14(2)5-4-11-8-7(10)9(15-3)13-6-12-8/h6H,4-5,10H2,1-3H3,(H,11,12,13). The van der Waals surface area contributed by atoms with E-state index in [1.165, 1.54) is 13.4 Å². The molecule has 0 spiro atoms. The average molecular weight is 211 g/mol. The van der Waals surface area contributed by atoms with Gasteiger partial charge in [-0.25, -0.2) is 4.98 Å². The molecular weight excluding hydrogens is 194 g/mol. The summed E-state index contributed by atoms with van der Waals surface area (Å²) < 4.78 is 4.99. The maximum Gasteiger partial charge on any atom is 0.242 e. The van der Waals surface area contributed by atoms with Gasteiger partial charge in [0.1, 0.15) is 12.0 Å². The van der Waals surface area contributed by atoms with Crippen LogP contribution in [0.1, 0.15) is 0 Å². The zero-order valence-corrected chi connectivity index (χ0v) is 9.32. The molecule has 15 heavy (non-hydrogen) atoms. The van der Waals surface area contributed by atoms with Gasteiger partial charge in [-0.2, -0.15) is 4.98 Å². The number of rotatable bonds is 5. The SMILES string of the molecule is COc1ncnc(NCCN(C)C)c1N. The molecule has 1 aromatic rings. The fraction of sp³-hybridized carbons (Fsp3) is 0.556. The van der Waals surface area contributed by atoms with Crippen molar-refractivity contribution < 1.29 is 4.74 Å². The van der Waals surface area contributed by atoms with Crippen molar-refractivity contribution in [3.63, 3.8) is 0 Å². The fourth-order valence-electron chi connectivity index (χ4n) is 1.08. The van der Waals surface area contributed by atoms with Gasteiger partial charge in [-0.3, -0.25) is 0 Å². The van der Waals surface area contributed by atoms with E-state index in [1.807, 2.05) is 14.1 Å². The van der Waals surface area contributed by atoms with Crippen LogP contribution in [0.2, 0.25) is 0 Å². The number of nitrogen functional groups attached to an aromatic ring is 1. The molecule has 0 fully saturated rings. The zero-order valence-electron chi connectivity index (χ0n) is 9.32. The first kappa shape index (κ1) is 11.5. The summed E-state index contributed by atoms with van der Waals surface area (Å²) in [5.74, 6) is 1.01. The van der Waals surface area contributed by atoms with Crippen molar-refractivity contribution in [1.29, 1.82) is 0 Å². The minimum absolute atomic E-state index is 0.400. The Bertz CT molecular complexity index is 315. The van der Waals surface area contributed by atoms with Crippen molar-refractivity contribution in [3.8, 4) is 5.88 Å². The topological polar surface area (TPSA) is 76.3 Å². The van der Waals surface area contributed by atoms with Crippen molar-refractivity contribution in [2.24, 2.45) is 0 Å². The molecule has 0 aliphatic carbocycles. The van der Waals surface area contributed by atoms with Gasteiger partial charge in [0.05, 0.1) is 7.11 Å². The fourth-order valence-corrected chi connectivity index (χ4v) is 1.08. The summed E-state index contributed by atoms with van der Waals surface area (Å²) in [4.78, 5) is 10.0. The summed E-state index contributed by atoms with van der Waals surface area (Å²) in [5.41, 5.74) is 6.23. The second-order valence-corrected chi connectivity index (χ2v) is 3.38. The minimum Gasteiger partial charge on any atom is -0.479 e. The predicted octanol–water partition coefficient (Wildman–Crippen LogP) is 0.0409. The number of ether oxygens (including phenoxy) is 1. The van der Waals surface area contributed by atoms with Gasteiger partial charge in [0.2, 0.25) is 5.88 Å². The van der Waals surface area contributed by atoms with Crippen LogP contribution < -0.4 is 15.8 Å². The van der Waals surface area contributed by atoms with Gasteiger partial charge >= 0.3 is 0 Å². The Morgan fingerprint density at radius 1 is 1.47 bits per heavy atom. The highest BCUT2D eigenvalue weighted by Crippen LogP contribution is 2.23. The van der Waals surface area contributed by atoms with Gasteiger partial charge < -0.3 is 20.7 Å². The first-order valence-electron chi connectivity index (χ1n) is 4.68. The third-order valence-corrected chi connectivity index (χ3v) is 1.89. The van der Waals surface area contributed by atoms with Gasteiger partial charge in [0.25, 0.3) is 0 Å². The van der Waals surface area contributed by atoms with Gasteiger partial charge in [-0.15, -0.1) is 0 Å². The number of anilines is 2. The van der Waals surface area contributed by atoms with Crippen LogP contribution in [0.4, 0.5) is 11.5 Å². The van der Waals surface area contributed by atoms with E-state index < -0.39 is 0 Å². The highest BCUT2D eigenvalue weighted by atomic mass is 16.5. The van der Waals surface area contributed by atoms with Crippen molar-refractivity contribution in [2.45, 2.75) is 0 Å². The summed E-state index contributed by atoms with van der Waals surface area (Å²) in [6, 6.07) is 0. The monoisotopic (exact) mass is 211 g/mol. The number of hydrogen-bond acceptors (Lipinski definition) is 6. The molecule has 3 N–H and O–H groups in total. The van der Waals surface area contributed by atoms with E-state index in [4.69, 9.17) is 10.5 Å². The number of likely N-dealkylation sites (N-methyl/N-ethyl adjacent to an activating group) is 1. The summed E-state index contributed by atoms with van der Waals surface area (Å²) in [7, 11) is 5.54. The molecule has 1 heterocycles. The van der Waals surface area contributed by atoms with E-state index in [9.17, 15) is 0 Å². The van der Waals surface area contributed by atoms with Crippen LogP contribution in [-0.4, -0.2) is 49.2 Å². The van der Waals surface area contributed by atoms with E-state index in [0.29, 0.717) is 17.4 Å². The molecule has 6 heteroatoms. The number of nitrogens with zero attached hydrogens (tertiary/aromatic N) is 3. The van der Waals surface area contributed by atoms with Gasteiger partial charge in [0, 0.05) is 13.1 Å². The Morgan fingerprint density at radius 2 is 2.20 bits per heavy atom. The van der Waals surface area contributed by atoms with E-state index in [0.717, 1.165) is 13.1 Å². The minimum atomic E-state index is 0.400. The second kappa shape index (κ2) is 5.35. The first-order chi connectivity index (χ1) is 7.15. The Hall–Kier alpha value is -1.56. The van der Waals surface area contributed by atoms with E-state index in [1.54, 1.807) is 0 Å². The lowest BCUT2D eigenvalue weighted by Gasteiger charge is -2.12. The largest absolute Gasteiger partial charge is 0.479 e. The Kier molecular flexibility index (Phi) is 4.11. The van der Waals surface area contributed by atoms with Crippen LogP contribution >= 0.6 is 0 Å². The maximum absolute atomic E-state index is 5.78. The van der Waals surface area contributed by atoms with E-state index >= 15 is 0 Å². The van der Waals surface area contributed by atoms with Crippen molar-refractivity contribution >= 4 is 11.5 Å². The van der Waals surface area contributed by atoms with Crippen LogP contribution in [-0.2, 0) is 0 Å². The third-order valence-electron chi connectivity index (χ3n) is 1.89. The summed E-state index contributed by atoms with van der Waals surface area (Å²) in [5, 5.41) is 3.12. The maximum atomic E-state index is 5.78. The molecule has 1 rings (SSSR count). The van der Waals surface area contributed by atoms with Crippen LogP contribution in [0.25, 0.3) is 0 Å². The predicted molar refractivity (Wildman–Crippen MR) is 60.0 cm³/mol. The average Bonchev–Trinajstić information content (AvgIpc) is 2.20. The molecule has 0 saturated carbocycles. The number of methoxy groups -OCH3 is 1.